The molecule has 0 amide bonds. The first-order chi connectivity index (χ1) is 7.79. The number of aromatic nitrogens is 1. The van der Waals surface area contributed by atoms with Crippen LogP contribution in [0.5, 0.6) is 0 Å². The predicted octanol–water partition coefficient (Wildman–Crippen LogP) is 3.10. The fourth-order valence-corrected chi connectivity index (χ4v) is 2.33. The lowest BCUT2D eigenvalue weighted by Crippen LogP contribution is -2.37. The van der Waals surface area contributed by atoms with Crippen molar-refractivity contribution in [1.29, 1.82) is 0 Å². The number of hydrogen-bond donors (Lipinski definition) is 1. The molecular formula is C12H17ClN2O. The van der Waals surface area contributed by atoms with Crippen LogP contribution in [0.15, 0.2) is 18.3 Å². The van der Waals surface area contributed by atoms with Crippen LogP contribution in [0.25, 0.3) is 0 Å². The van der Waals surface area contributed by atoms with Crippen LogP contribution in [0.3, 0.4) is 0 Å². The molecule has 1 aromatic heterocycles. The molecule has 0 saturated heterocycles. The summed E-state index contributed by atoms with van der Waals surface area (Å²) in [6, 6.07) is 4.15. The van der Waals surface area contributed by atoms with Crippen molar-refractivity contribution in [3.63, 3.8) is 0 Å². The topological polar surface area (TPSA) is 34.1 Å². The Morgan fingerprint density at radius 1 is 1.38 bits per heavy atom. The third-order valence-corrected chi connectivity index (χ3v) is 3.31. The maximum absolute atomic E-state index is 5.75. The Balaban J connectivity index is 1.99. The number of pyridine rings is 1. The van der Waals surface area contributed by atoms with E-state index in [2.05, 4.69) is 10.3 Å². The van der Waals surface area contributed by atoms with Crippen molar-refractivity contribution >= 4 is 17.3 Å². The van der Waals surface area contributed by atoms with Gasteiger partial charge in [-0.15, -0.1) is 0 Å². The van der Waals surface area contributed by atoms with Crippen LogP contribution in [-0.4, -0.2) is 24.2 Å². The minimum Gasteiger partial charge on any atom is -0.379 e. The first-order valence-corrected chi connectivity index (χ1v) is 6.08. The van der Waals surface area contributed by atoms with E-state index in [1.807, 2.05) is 6.07 Å². The molecule has 4 heteroatoms. The highest BCUT2D eigenvalue weighted by atomic mass is 35.5. The second-order valence-electron chi connectivity index (χ2n) is 4.18. The summed E-state index contributed by atoms with van der Waals surface area (Å²) in [5.41, 5.74) is 1.01. The number of anilines is 1. The Morgan fingerprint density at radius 2 is 2.19 bits per heavy atom. The van der Waals surface area contributed by atoms with Crippen molar-refractivity contribution in [3.05, 3.63) is 23.5 Å². The van der Waals surface area contributed by atoms with Gasteiger partial charge in [0.05, 0.1) is 24.0 Å². The average Bonchev–Trinajstić information content (AvgIpc) is 2.33. The number of methoxy groups -OCH3 is 1. The Hall–Kier alpha value is -0.800. The van der Waals surface area contributed by atoms with E-state index in [1.54, 1.807) is 19.4 Å². The molecule has 2 rings (SSSR count). The average molecular weight is 241 g/mol. The zero-order valence-electron chi connectivity index (χ0n) is 9.45. The van der Waals surface area contributed by atoms with Gasteiger partial charge in [-0.25, -0.2) is 4.98 Å². The van der Waals surface area contributed by atoms with Crippen molar-refractivity contribution in [2.75, 3.05) is 12.4 Å². The first kappa shape index (κ1) is 11.7. The van der Waals surface area contributed by atoms with Crippen LogP contribution in [-0.2, 0) is 4.74 Å². The summed E-state index contributed by atoms with van der Waals surface area (Å²) in [7, 11) is 1.78. The predicted molar refractivity (Wildman–Crippen MR) is 65.9 cm³/mol. The molecule has 1 aromatic rings. The van der Waals surface area contributed by atoms with E-state index in [0.717, 1.165) is 18.5 Å². The lowest BCUT2D eigenvalue weighted by atomic mass is 9.92. The van der Waals surface area contributed by atoms with Gasteiger partial charge in [0.2, 0.25) is 0 Å². The van der Waals surface area contributed by atoms with Crippen LogP contribution >= 0.6 is 11.6 Å². The Kier molecular flexibility index (Phi) is 4.02. The molecule has 2 atom stereocenters. The molecule has 0 bridgehead atoms. The summed E-state index contributed by atoms with van der Waals surface area (Å²) in [6.45, 7) is 0. The van der Waals surface area contributed by atoms with Crippen molar-refractivity contribution in [2.45, 2.75) is 37.8 Å². The van der Waals surface area contributed by atoms with Gasteiger partial charge in [0, 0.05) is 7.11 Å². The van der Waals surface area contributed by atoms with Crippen molar-refractivity contribution in [1.82, 2.24) is 4.98 Å². The van der Waals surface area contributed by atoms with Gasteiger partial charge >= 0.3 is 0 Å². The molecule has 1 heterocycles. The van der Waals surface area contributed by atoms with Gasteiger partial charge in [-0.1, -0.05) is 24.4 Å². The molecule has 0 radical (unpaired) electrons. The van der Waals surface area contributed by atoms with E-state index >= 15 is 0 Å². The van der Waals surface area contributed by atoms with Gasteiger partial charge in [0.1, 0.15) is 5.15 Å². The maximum Gasteiger partial charge on any atom is 0.129 e. The zero-order valence-corrected chi connectivity index (χ0v) is 10.2. The zero-order chi connectivity index (χ0) is 11.4. The smallest absolute Gasteiger partial charge is 0.129 e. The molecule has 0 aromatic carbocycles. The number of hydrogen-bond acceptors (Lipinski definition) is 3. The maximum atomic E-state index is 5.75. The molecule has 0 spiro atoms. The number of ether oxygens (including phenoxy) is 1. The normalized spacial score (nSPS) is 25.4. The van der Waals surface area contributed by atoms with E-state index < -0.39 is 0 Å². The standard InChI is InChI=1S/C12H17ClN2O/c1-16-11-5-3-2-4-10(11)15-9-6-7-12(13)14-8-9/h6-8,10-11,15H,2-5H2,1H3. The van der Waals surface area contributed by atoms with Gasteiger partial charge in [-0.2, -0.15) is 0 Å². The summed E-state index contributed by atoms with van der Waals surface area (Å²) < 4.78 is 5.49. The Bertz CT molecular complexity index is 328. The van der Waals surface area contributed by atoms with Gasteiger partial charge < -0.3 is 10.1 Å². The van der Waals surface area contributed by atoms with Crippen molar-refractivity contribution in [2.24, 2.45) is 0 Å². The SMILES string of the molecule is COC1CCCCC1Nc1ccc(Cl)nc1. The quantitative estimate of drug-likeness (QED) is 0.825. The van der Waals surface area contributed by atoms with Crippen LogP contribution in [0.2, 0.25) is 5.15 Å². The molecule has 88 valence electrons. The summed E-state index contributed by atoms with van der Waals surface area (Å²) in [6.07, 6.45) is 6.89. The molecule has 1 N–H and O–H groups in total. The fraction of sp³-hybridized carbons (Fsp3) is 0.583. The van der Waals surface area contributed by atoms with Gasteiger partial charge in [0.25, 0.3) is 0 Å². The van der Waals surface area contributed by atoms with E-state index in [0.29, 0.717) is 17.3 Å². The molecule has 3 nitrogen and oxygen atoms in total. The Labute approximate surface area is 101 Å². The highest BCUT2D eigenvalue weighted by molar-refractivity contribution is 6.29. The number of rotatable bonds is 3. The summed E-state index contributed by atoms with van der Waals surface area (Å²) in [4.78, 5) is 4.06. The van der Waals surface area contributed by atoms with E-state index in [4.69, 9.17) is 16.3 Å². The summed E-state index contributed by atoms with van der Waals surface area (Å²) in [5.74, 6) is 0. The van der Waals surface area contributed by atoms with Gasteiger partial charge in [0.15, 0.2) is 0 Å². The molecule has 0 aliphatic heterocycles. The lowest BCUT2D eigenvalue weighted by molar-refractivity contribution is 0.0606. The molecule has 1 saturated carbocycles. The number of halogens is 1. The van der Waals surface area contributed by atoms with Crippen molar-refractivity contribution < 1.29 is 4.74 Å². The first-order valence-electron chi connectivity index (χ1n) is 5.70. The molecule has 16 heavy (non-hydrogen) atoms. The molecule has 1 aliphatic carbocycles. The minimum atomic E-state index is 0.310. The Morgan fingerprint density at radius 3 is 2.88 bits per heavy atom. The van der Waals surface area contributed by atoms with Crippen LogP contribution < -0.4 is 5.32 Å². The van der Waals surface area contributed by atoms with E-state index in [-0.39, 0.29) is 0 Å². The minimum absolute atomic E-state index is 0.310. The third kappa shape index (κ3) is 2.86. The molecule has 1 fully saturated rings. The third-order valence-electron chi connectivity index (χ3n) is 3.08. The number of nitrogens with zero attached hydrogens (tertiary/aromatic N) is 1. The second kappa shape index (κ2) is 5.51. The highest BCUT2D eigenvalue weighted by Crippen LogP contribution is 2.24. The van der Waals surface area contributed by atoms with Crippen LogP contribution in [0.4, 0.5) is 5.69 Å². The molecule has 1 aliphatic rings. The van der Waals surface area contributed by atoms with E-state index in [9.17, 15) is 0 Å². The summed E-state index contributed by atoms with van der Waals surface area (Å²) in [5, 5.41) is 3.99. The van der Waals surface area contributed by atoms with Crippen LogP contribution in [0, 0.1) is 0 Å². The lowest BCUT2D eigenvalue weighted by Gasteiger charge is -2.31. The van der Waals surface area contributed by atoms with Crippen molar-refractivity contribution in [3.8, 4) is 0 Å². The number of nitrogens with one attached hydrogen (secondary N) is 1. The fourth-order valence-electron chi connectivity index (χ4n) is 2.22. The molecular weight excluding hydrogens is 224 g/mol. The summed E-state index contributed by atoms with van der Waals surface area (Å²) >= 11 is 5.75. The largest absolute Gasteiger partial charge is 0.379 e. The van der Waals surface area contributed by atoms with Gasteiger partial charge in [-0.05, 0) is 25.0 Å². The van der Waals surface area contributed by atoms with Crippen LogP contribution in [0.1, 0.15) is 25.7 Å². The second-order valence-corrected chi connectivity index (χ2v) is 4.57. The highest BCUT2D eigenvalue weighted by Gasteiger charge is 2.24. The monoisotopic (exact) mass is 240 g/mol. The molecule has 2 unspecified atom stereocenters. The van der Waals surface area contributed by atoms with Gasteiger partial charge in [-0.3, -0.25) is 0 Å². The van der Waals surface area contributed by atoms with E-state index in [1.165, 1.54) is 12.8 Å².